The minimum absolute atomic E-state index is 0.0384. The summed E-state index contributed by atoms with van der Waals surface area (Å²) in [5, 5.41) is 5.27. The van der Waals surface area contributed by atoms with Gasteiger partial charge in [-0.2, -0.15) is 0 Å². The van der Waals surface area contributed by atoms with Gasteiger partial charge in [0.05, 0.1) is 5.69 Å². The van der Waals surface area contributed by atoms with E-state index in [0.29, 0.717) is 5.92 Å². The highest BCUT2D eigenvalue weighted by atomic mass is 32.1. The van der Waals surface area contributed by atoms with Crippen LogP contribution >= 0.6 is 22.7 Å². The third kappa shape index (κ3) is 4.46. The van der Waals surface area contributed by atoms with Crippen LogP contribution in [0.15, 0.2) is 66.7 Å². The third-order valence-corrected chi connectivity index (χ3v) is 9.58. The van der Waals surface area contributed by atoms with E-state index < -0.39 is 0 Å². The van der Waals surface area contributed by atoms with Crippen LogP contribution < -0.4 is 0 Å². The van der Waals surface area contributed by atoms with E-state index in [-0.39, 0.29) is 5.41 Å². The zero-order valence-corrected chi connectivity index (χ0v) is 25.0. The Morgan fingerprint density at radius 3 is 2.34 bits per heavy atom. The normalized spacial score (nSPS) is 12.4. The molecule has 3 aromatic carbocycles. The Hall–Kier alpha value is -3.01. The Labute approximate surface area is 234 Å². The Kier molecular flexibility index (Phi) is 6.20. The fourth-order valence-corrected chi connectivity index (χ4v) is 7.68. The van der Waals surface area contributed by atoms with Crippen LogP contribution in [0.1, 0.15) is 55.5 Å². The van der Waals surface area contributed by atoms with Gasteiger partial charge in [-0.25, -0.2) is 4.98 Å². The molecule has 3 heteroatoms. The van der Waals surface area contributed by atoms with Gasteiger partial charge < -0.3 is 0 Å². The molecule has 0 saturated heterocycles. The molecule has 0 aliphatic heterocycles. The zero-order chi connectivity index (χ0) is 26.8. The van der Waals surface area contributed by atoms with Crippen molar-refractivity contribution in [3.63, 3.8) is 0 Å². The zero-order valence-electron chi connectivity index (χ0n) is 23.4. The minimum Gasteiger partial charge on any atom is -0.237 e. The molecule has 0 fully saturated rings. The molecule has 0 unspecified atom stereocenters. The second kappa shape index (κ2) is 9.32. The predicted molar refractivity (Wildman–Crippen MR) is 170 cm³/mol. The topological polar surface area (TPSA) is 12.9 Å². The number of benzene rings is 3. The summed E-state index contributed by atoms with van der Waals surface area (Å²) in [4.78, 5) is 9.09. The lowest BCUT2D eigenvalue weighted by Crippen LogP contribution is -2.12. The van der Waals surface area contributed by atoms with Crippen LogP contribution in [0.3, 0.4) is 0 Å². The average Bonchev–Trinajstić information content (AvgIpc) is 3.39. The Balaban J connectivity index is 1.60. The molecule has 0 aliphatic carbocycles. The predicted octanol–water partition coefficient (Wildman–Crippen LogP) is 11.1. The molecule has 0 N–H and O–H groups in total. The van der Waals surface area contributed by atoms with Crippen molar-refractivity contribution in [2.45, 2.75) is 60.3 Å². The van der Waals surface area contributed by atoms with Gasteiger partial charge in [-0.15, -0.1) is 22.7 Å². The maximum atomic E-state index is 5.23. The van der Waals surface area contributed by atoms with Crippen LogP contribution in [0.25, 0.3) is 53.5 Å². The third-order valence-electron chi connectivity index (χ3n) is 7.51. The molecule has 0 bridgehead atoms. The summed E-state index contributed by atoms with van der Waals surface area (Å²) in [7, 11) is 0. The molecule has 0 saturated carbocycles. The van der Waals surface area contributed by atoms with E-state index in [0.717, 1.165) is 16.9 Å². The SMILES string of the molecule is Cc1cc2c(-c3ccc4sc(C)c(CC(C)C)c4c3)cc(-c3cc(C(C)(C)C)c4ccccc4c3)nc2s1. The molecule has 38 heavy (non-hydrogen) atoms. The molecule has 192 valence electrons. The first-order valence-corrected chi connectivity index (χ1v) is 15.2. The first kappa shape index (κ1) is 25.3. The van der Waals surface area contributed by atoms with Gasteiger partial charge in [0.2, 0.25) is 0 Å². The molecule has 0 aliphatic rings. The van der Waals surface area contributed by atoms with Gasteiger partial charge in [0, 0.05) is 25.4 Å². The Bertz CT molecular complexity index is 1820. The highest BCUT2D eigenvalue weighted by molar-refractivity contribution is 7.19. The molecule has 6 aromatic rings. The number of hydrogen-bond donors (Lipinski definition) is 0. The van der Waals surface area contributed by atoms with E-state index in [1.807, 2.05) is 11.3 Å². The molecule has 3 aromatic heterocycles. The summed E-state index contributed by atoms with van der Waals surface area (Å²) in [5.41, 5.74) is 7.72. The van der Waals surface area contributed by atoms with E-state index in [1.54, 1.807) is 11.3 Å². The van der Waals surface area contributed by atoms with Crippen molar-refractivity contribution >= 4 is 53.7 Å². The molecule has 3 heterocycles. The molecule has 0 atom stereocenters. The van der Waals surface area contributed by atoms with Crippen molar-refractivity contribution in [2.24, 2.45) is 5.92 Å². The van der Waals surface area contributed by atoms with Gasteiger partial charge in [-0.05, 0) is 106 Å². The van der Waals surface area contributed by atoms with Crippen molar-refractivity contribution in [3.8, 4) is 22.4 Å². The van der Waals surface area contributed by atoms with E-state index >= 15 is 0 Å². The van der Waals surface area contributed by atoms with Crippen LogP contribution in [0.2, 0.25) is 0 Å². The first-order chi connectivity index (χ1) is 18.1. The summed E-state index contributed by atoms with van der Waals surface area (Å²) in [5.74, 6) is 0.638. The number of aromatic nitrogens is 1. The van der Waals surface area contributed by atoms with Gasteiger partial charge in [0.1, 0.15) is 4.83 Å². The summed E-state index contributed by atoms with van der Waals surface area (Å²) in [6.45, 7) is 16.0. The molecule has 0 spiro atoms. The number of hydrogen-bond acceptors (Lipinski definition) is 3. The van der Waals surface area contributed by atoms with Crippen molar-refractivity contribution in [3.05, 3.63) is 87.6 Å². The van der Waals surface area contributed by atoms with E-state index in [9.17, 15) is 0 Å². The molecule has 0 amide bonds. The molecule has 6 rings (SSSR count). The van der Waals surface area contributed by atoms with Gasteiger partial charge in [0.25, 0.3) is 0 Å². The molecule has 1 nitrogen and oxygen atoms in total. The minimum atomic E-state index is 0.0384. The molecular formula is C35H35NS2. The lowest BCUT2D eigenvalue weighted by Gasteiger charge is -2.23. The van der Waals surface area contributed by atoms with E-state index in [4.69, 9.17) is 4.98 Å². The number of rotatable bonds is 4. The standard InChI is InChI=1S/C35H35NS2/c1-20(2)14-27-22(4)38-33-13-12-24(17-29(27)33)28-19-32(36-34-30(28)15-21(3)37-34)25-16-23-10-8-9-11-26(23)31(18-25)35(5,6)7/h8-13,15-20H,14H2,1-7H3. The summed E-state index contributed by atoms with van der Waals surface area (Å²) in [6, 6.07) is 25.1. The van der Waals surface area contributed by atoms with Gasteiger partial charge in [-0.3, -0.25) is 0 Å². The Morgan fingerprint density at radius 1 is 0.789 bits per heavy atom. The van der Waals surface area contributed by atoms with E-state index in [1.165, 1.54) is 63.8 Å². The second-order valence-corrected chi connectivity index (χ2v) is 14.6. The highest BCUT2D eigenvalue weighted by Crippen LogP contribution is 2.41. The summed E-state index contributed by atoms with van der Waals surface area (Å²) >= 11 is 3.72. The quantitative estimate of drug-likeness (QED) is 0.220. The first-order valence-electron chi connectivity index (χ1n) is 13.6. The second-order valence-electron chi connectivity index (χ2n) is 12.1. The Morgan fingerprint density at radius 2 is 1.58 bits per heavy atom. The maximum Gasteiger partial charge on any atom is 0.124 e. The van der Waals surface area contributed by atoms with Crippen LogP contribution in [0.5, 0.6) is 0 Å². The lowest BCUT2D eigenvalue weighted by atomic mass is 9.82. The van der Waals surface area contributed by atoms with E-state index in [2.05, 4.69) is 115 Å². The van der Waals surface area contributed by atoms with Crippen molar-refractivity contribution in [1.29, 1.82) is 0 Å². The largest absolute Gasteiger partial charge is 0.237 e. The monoisotopic (exact) mass is 533 g/mol. The summed E-state index contributed by atoms with van der Waals surface area (Å²) in [6.07, 6.45) is 1.12. The number of aryl methyl sites for hydroxylation is 2. The highest BCUT2D eigenvalue weighted by Gasteiger charge is 2.20. The maximum absolute atomic E-state index is 5.23. The van der Waals surface area contributed by atoms with Gasteiger partial charge >= 0.3 is 0 Å². The van der Waals surface area contributed by atoms with Crippen LogP contribution in [-0.2, 0) is 11.8 Å². The fourth-order valence-electron chi connectivity index (χ4n) is 5.70. The summed E-state index contributed by atoms with van der Waals surface area (Å²) < 4.78 is 1.39. The smallest absolute Gasteiger partial charge is 0.124 e. The van der Waals surface area contributed by atoms with Crippen LogP contribution in [-0.4, -0.2) is 4.98 Å². The molecular weight excluding hydrogens is 499 g/mol. The van der Waals surface area contributed by atoms with Crippen molar-refractivity contribution in [2.75, 3.05) is 0 Å². The fraction of sp³-hybridized carbons (Fsp3) is 0.286. The van der Waals surface area contributed by atoms with Crippen molar-refractivity contribution in [1.82, 2.24) is 4.98 Å². The number of nitrogens with zero attached hydrogens (tertiary/aromatic N) is 1. The van der Waals surface area contributed by atoms with Crippen molar-refractivity contribution < 1.29 is 0 Å². The number of fused-ring (bicyclic) bond motifs is 3. The van der Waals surface area contributed by atoms with Crippen LogP contribution in [0, 0.1) is 19.8 Å². The van der Waals surface area contributed by atoms with Crippen LogP contribution in [0.4, 0.5) is 0 Å². The molecule has 0 radical (unpaired) electrons. The lowest BCUT2D eigenvalue weighted by molar-refractivity contribution is 0.596. The number of pyridine rings is 1. The van der Waals surface area contributed by atoms with Gasteiger partial charge in [0.15, 0.2) is 0 Å². The number of thiophene rings is 2. The van der Waals surface area contributed by atoms with Gasteiger partial charge in [-0.1, -0.05) is 65.0 Å². The average molecular weight is 534 g/mol.